The van der Waals surface area contributed by atoms with Gasteiger partial charge in [-0.1, -0.05) is 43.7 Å². The van der Waals surface area contributed by atoms with E-state index < -0.39 is 5.60 Å². The van der Waals surface area contributed by atoms with Gasteiger partial charge in [-0.2, -0.15) is 0 Å². The van der Waals surface area contributed by atoms with Crippen molar-refractivity contribution in [3.8, 4) is 0 Å². The zero-order valence-corrected chi connectivity index (χ0v) is 12.7. The van der Waals surface area contributed by atoms with Gasteiger partial charge in [-0.25, -0.2) is 4.79 Å². The molecule has 0 aliphatic carbocycles. The summed E-state index contributed by atoms with van der Waals surface area (Å²) in [6, 6.07) is 9.97. The fourth-order valence-electron chi connectivity index (χ4n) is 3.05. The van der Waals surface area contributed by atoms with Crippen molar-refractivity contribution in [2.24, 2.45) is 5.92 Å². The molecule has 3 nitrogen and oxygen atoms in total. The van der Waals surface area contributed by atoms with E-state index in [0.717, 1.165) is 18.4 Å². The second kappa shape index (κ2) is 6.70. The van der Waals surface area contributed by atoms with Gasteiger partial charge in [0.2, 0.25) is 0 Å². The number of rotatable bonds is 7. The average Bonchev–Trinajstić information content (AvgIpc) is 2.81. The van der Waals surface area contributed by atoms with E-state index in [0.29, 0.717) is 12.8 Å². The molecule has 0 amide bonds. The molecule has 0 aromatic heterocycles. The molecular weight excluding hydrogens is 264 g/mol. The number of ether oxygens (including phenoxy) is 1. The largest absolute Gasteiger partial charge is 0.451 e. The Kier molecular flexibility index (Phi) is 4.94. The van der Waals surface area contributed by atoms with Gasteiger partial charge in [0.05, 0.1) is 0 Å². The van der Waals surface area contributed by atoms with Gasteiger partial charge in [-0.15, -0.1) is 0 Å². The van der Waals surface area contributed by atoms with Crippen LogP contribution < -0.4 is 0 Å². The van der Waals surface area contributed by atoms with E-state index in [-0.39, 0.29) is 17.7 Å². The fraction of sp³-hybridized carbons (Fsp3) is 0.444. The highest BCUT2D eigenvalue weighted by molar-refractivity contribution is 5.85. The van der Waals surface area contributed by atoms with Crippen LogP contribution >= 0.6 is 0 Å². The summed E-state index contributed by atoms with van der Waals surface area (Å²) in [6.45, 7) is 3.68. The molecule has 3 heteroatoms. The Morgan fingerprint density at radius 2 is 2.00 bits per heavy atom. The number of carbonyl (C=O) groups excluding carboxylic acids is 2. The lowest BCUT2D eigenvalue weighted by molar-refractivity contribution is -0.151. The molecule has 1 aliphatic heterocycles. The van der Waals surface area contributed by atoms with Crippen LogP contribution in [0.3, 0.4) is 0 Å². The Labute approximate surface area is 126 Å². The maximum Gasteiger partial charge on any atom is 0.331 e. The third kappa shape index (κ3) is 3.81. The molecular formula is C18H22O3. The normalized spacial score (nSPS) is 22.1. The lowest BCUT2D eigenvalue weighted by Crippen LogP contribution is -2.40. The molecule has 2 atom stereocenters. The molecule has 0 unspecified atom stereocenters. The summed E-state index contributed by atoms with van der Waals surface area (Å²) in [5.41, 5.74) is 0.432. The SMILES string of the molecule is CCC[C@@H](CC(C)=O)[C@]1(Cc2ccccc2)C=CC(=O)O1. The van der Waals surface area contributed by atoms with E-state index >= 15 is 0 Å². The topological polar surface area (TPSA) is 43.4 Å². The highest BCUT2D eigenvalue weighted by atomic mass is 16.6. The summed E-state index contributed by atoms with van der Waals surface area (Å²) in [7, 11) is 0. The van der Waals surface area contributed by atoms with E-state index in [1.54, 1.807) is 6.92 Å². The number of benzene rings is 1. The van der Waals surface area contributed by atoms with Crippen LogP contribution in [0.15, 0.2) is 42.5 Å². The van der Waals surface area contributed by atoms with Gasteiger partial charge < -0.3 is 9.53 Å². The Morgan fingerprint density at radius 1 is 1.29 bits per heavy atom. The minimum Gasteiger partial charge on any atom is -0.451 e. The molecule has 0 saturated heterocycles. The Bertz CT molecular complexity index is 533. The number of Topliss-reactive ketones (excluding diaryl/α,β-unsaturated/α-hetero) is 1. The highest BCUT2D eigenvalue weighted by Gasteiger charge is 2.43. The van der Waals surface area contributed by atoms with Crippen molar-refractivity contribution in [2.45, 2.75) is 45.1 Å². The van der Waals surface area contributed by atoms with Crippen LogP contribution in [-0.4, -0.2) is 17.4 Å². The summed E-state index contributed by atoms with van der Waals surface area (Å²) >= 11 is 0. The average molecular weight is 286 g/mol. The predicted octanol–water partition coefficient (Wildman–Crippen LogP) is 3.48. The van der Waals surface area contributed by atoms with Crippen LogP contribution in [0.25, 0.3) is 0 Å². The van der Waals surface area contributed by atoms with Crippen molar-refractivity contribution >= 4 is 11.8 Å². The summed E-state index contributed by atoms with van der Waals surface area (Å²) < 4.78 is 5.67. The maximum atomic E-state index is 11.6. The van der Waals surface area contributed by atoms with Gasteiger partial charge in [-0.3, -0.25) is 0 Å². The molecule has 112 valence electrons. The molecule has 1 aromatic carbocycles. The van der Waals surface area contributed by atoms with Crippen molar-refractivity contribution in [3.63, 3.8) is 0 Å². The summed E-state index contributed by atoms with van der Waals surface area (Å²) in [6.07, 6.45) is 6.23. The highest BCUT2D eigenvalue weighted by Crippen LogP contribution is 2.37. The van der Waals surface area contributed by atoms with Crippen molar-refractivity contribution in [1.82, 2.24) is 0 Å². The van der Waals surface area contributed by atoms with Crippen LogP contribution in [0.2, 0.25) is 0 Å². The summed E-state index contributed by atoms with van der Waals surface area (Å²) in [5.74, 6) is -0.143. The molecule has 0 N–H and O–H groups in total. The summed E-state index contributed by atoms with van der Waals surface area (Å²) in [5, 5.41) is 0. The minimum atomic E-state index is -0.680. The zero-order valence-electron chi connectivity index (χ0n) is 12.7. The number of hydrogen-bond acceptors (Lipinski definition) is 3. The number of hydrogen-bond donors (Lipinski definition) is 0. The first-order valence-corrected chi connectivity index (χ1v) is 7.51. The van der Waals surface area contributed by atoms with E-state index in [1.807, 2.05) is 36.4 Å². The molecule has 1 aromatic rings. The van der Waals surface area contributed by atoms with E-state index in [9.17, 15) is 9.59 Å². The molecule has 21 heavy (non-hydrogen) atoms. The first-order chi connectivity index (χ1) is 10.1. The summed E-state index contributed by atoms with van der Waals surface area (Å²) in [4.78, 5) is 23.2. The smallest absolute Gasteiger partial charge is 0.331 e. The maximum absolute atomic E-state index is 11.6. The fourth-order valence-corrected chi connectivity index (χ4v) is 3.05. The van der Waals surface area contributed by atoms with Gasteiger partial charge in [-0.05, 0) is 25.0 Å². The van der Waals surface area contributed by atoms with E-state index in [1.165, 1.54) is 6.08 Å². The first-order valence-electron chi connectivity index (χ1n) is 7.51. The van der Waals surface area contributed by atoms with E-state index in [4.69, 9.17) is 4.74 Å². The van der Waals surface area contributed by atoms with Gasteiger partial charge in [0.1, 0.15) is 11.4 Å². The van der Waals surface area contributed by atoms with Crippen molar-refractivity contribution < 1.29 is 14.3 Å². The van der Waals surface area contributed by atoms with Crippen molar-refractivity contribution in [2.75, 3.05) is 0 Å². The molecule has 0 spiro atoms. The number of carbonyl (C=O) groups is 2. The van der Waals surface area contributed by atoms with E-state index in [2.05, 4.69) is 6.92 Å². The molecule has 1 heterocycles. The molecule has 2 rings (SSSR count). The second-order valence-electron chi connectivity index (χ2n) is 5.76. The van der Waals surface area contributed by atoms with Crippen molar-refractivity contribution in [1.29, 1.82) is 0 Å². The van der Waals surface area contributed by atoms with Gasteiger partial charge in [0.25, 0.3) is 0 Å². The van der Waals surface area contributed by atoms with Crippen LogP contribution in [0.5, 0.6) is 0 Å². The second-order valence-corrected chi connectivity index (χ2v) is 5.76. The Morgan fingerprint density at radius 3 is 2.52 bits per heavy atom. The standard InChI is InChI=1S/C18H22O3/c1-3-7-16(12-14(2)19)18(11-10-17(20)21-18)13-15-8-5-4-6-9-15/h4-6,8-11,16H,3,7,12-13H2,1-2H3/t16-,18+/m0/s1. The molecule has 1 aliphatic rings. The lowest BCUT2D eigenvalue weighted by Gasteiger charge is -2.35. The van der Waals surface area contributed by atoms with Gasteiger partial charge >= 0.3 is 5.97 Å². The molecule has 0 bridgehead atoms. The number of cyclic esters (lactones) is 1. The third-order valence-corrected chi connectivity index (χ3v) is 3.98. The Balaban J connectivity index is 2.29. The Hall–Kier alpha value is -1.90. The van der Waals surface area contributed by atoms with Crippen LogP contribution in [0.4, 0.5) is 0 Å². The molecule has 0 radical (unpaired) electrons. The monoisotopic (exact) mass is 286 g/mol. The lowest BCUT2D eigenvalue weighted by atomic mass is 9.77. The minimum absolute atomic E-state index is 0.0305. The van der Waals surface area contributed by atoms with Crippen molar-refractivity contribution in [3.05, 3.63) is 48.0 Å². The number of esters is 1. The van der Waals surface area contributed by atoms with Gasteiger partial charge in [0, 0.05) is 24.8 Å². The van der Waals surface area contributed by atoms with Crippen LogP contribution in [0.1, 0.15) is 38.7 Å². The van der Waals surface area contributed by atoms with Crippen LogP contribution in [0, 0.1) is 5.92 Å². The zero-order chi connectivity index (χ0) is 15.3. The molecule has 0 fully saturated rings. The third-order valence-electron chi connectivity index (χ3n) is 3.98. The predicted molar refractivity (Wildman–Crippen MR) is 81.8 cm³/mol. The molecule has 0 saturated carbocycles. The quantitative estimate of drug-likeness (QED) is 0.721. The first kappa shape index (κ1) is 15.5. The number of ketones is 1. The van der Waals surface area contributed by atoms with Crippen LogP contribution in [-0.2, 0) is 20.7 Å². The van der Waals surface area contributed by atoms with Gasteiger partial charge in [0.15, 0.2) is 0 Å².